The van der Waals surface area contributed by atoms with E-state index in [2.05, 4.69) is 26.7 Å². The van der Waals surface area contributed by atoms with Gasteiger partial charge in [-0.3, -0.25) is 0 Å². The van der Waals surface area contributed by atoms with Gasteiger partial charge in [0, 0.05) is 10.9 Å². The lowest BCUT2D eigenvalue weighted by Gasteiger charge is -2.24. The van der Waals surface area contributed by atoms with Crippen LogP contribution in [-0.2, 0) is 6.42 Å². The van der Waals surface area contributed by atoms with Crippen molar-refractivity contribution in [2.45, 2.75) is 25.3 Å². The molecule has 1 aliphatic carbocycles. The summed E-state index contributed by atoms with van der Waals surface area (Å²) in [6.45, 7) is 0. The first kappa shape index (κ1) is 11.5. The van der Waals surface area contributed by atoms with Gasteiger partial charge in [-0.15, -0.1) is 11.3 Å². The van der Waals surface area contributed by atoms with Crippen LogP contribution in [0.4, 0.5) is 5.82 Å². The monoisotopic (exact) mass is 261 g/mol. The summed E-state index contributed by atoms with van der Waals surface area (Å²) >= 11 is 1.85. The molecular weight excluding hydrogens is 246 g/mol. The maximum Gasteiger partial charge on any atom is 0.218 e. The molecule has 0 saturated carbocycles. The van der Waals surface area contributed by atoms with E-state index in [9.17, 15) is 0 Å². The predicted molar refractivity (Wildman–Crippen MR) is 72.2 cm³/mol. The molecule has 94 valence electrons. The van der Waals surface area contributed by atoms with Gasteiger partial charge >= 0.3 is 0 Å². The Morgan fingerprint density at radius 1 is 1.44 bits per heavy atom. The molecule has 0 bridgehead atoms. The van der Waals surface area contributed by atoms with Gasteiger partial charge in [-0.1, -0.05) is 0 Å². The SMILES string of the molecule is COc1cc(NC2CCCc3sccc32)ncn1. The van der Waals surface area contributed by atoms with Crippen molar-refractivity contribution < 1.29 is 4.74 Å². The first-order valence-corrected chi connectivity index (χ1v) is 6.93. The van der Waals surface area contributed by atoms with E-state index < -0.39 is 0 Å². The highest BCUT2D eigenvalue weighted by Gasteiger charge is 2.21. The van der Waals surface area contributed by atoms with Gasteiger partial charge in [0.1, 0.15) is 12.1 Å². The fourth-order valence-corrected chi connectivity index (χ4v) is 3.33. The van der Waals surface area contributed by atoms with Crippen LogP contribution in [0.5, 0.6) is 5.88 Å². The first-order valence-electron chi connectivity index (χ1n) is 6.05. The highest BCUT2D eigenvalue weighted by molar-refractivity contribution is 7.10. The molecule has 3 rings (SSSR count). The van der Waals surface area contributed by atoms with E-state index in [1.165, 1.54) is 29.6 Å². The van der Waals surface area contributed by atoms with Crippen LogP contribution in [0, 0.1) is 0 Å². The Hall–Kier alpha value is -1.62. The number of rotatable bonds is 3. The van der Waals surface area contributed by atoms with Crippen LogP contribution < -0.4 is 10.1 Å². The summed E-state index contributed by atoms with van der Waals surface area (Å²) in [5.74, 6) is 1.42. The average Bonchev–Trinajstić information content (AvgIpc) is 2.88. The second-order valence-electron chi connectivity index (χ2n) is 4.33. The van der Waals surface area contributed by atoms with Gasteiger partial charge in [-0.2, -0.15) is 0 Å². The van der Waals surface area contributed by atoms with Gasteiger partial charge in [0.25, 0.3) is 0 Å². The molecule has 2 heterocycles. The second-order valence-corrected chi connectivity index (χ2v) is 5.33. The zero-order valence-electron chi connectivity index (χ0n) is 10.2. The van der Waals surface area contributed by atoms with E-state index in [-0.39, 0.29) is 0 Å². The highest BCUT2D eigenvalue weighted by Crippen LogP contribution is 2.35. The van der Waals surface area contributed by atoms with E-state index in [1.807, 2.05) is 17.4 Å². The van der Waals surface area contributed by atoms with Gasteiger partial charge < -0.3 is 10.1 Å². The number of fused-ring (bicyclic) bond motifs is 1. The molecule has 2 aromatic heterocycles. The molecule has 0 saturated heterocycles. The fourth-order valence-electron chi connectivity index (χ4n) is 2.34. The smallest absolute Gasteiger partial charge is 0.218 e. The zero-order valence-corrected chi connectivity index (χ0v) is 11.0. The van der Waals surface area contributed by atoms with Crippen molar-refractivity contribution in [1.29, 1.82) is 0 Å². The average molecular weight is 261 g/mol. The molecule has 2 aromatic rings. The van der Waals surface area contributed by atoms with Crippen molar-refractivity contribution in [3.63, 3.8) is 0 Å². The summed E-state index contributed by atoms with van der Waals surface area (Å²) in [5, 5.41) is 5.65. The third-order valence-corrected chi connectivity index (χ3v) is 4.22. The molecule has 1 atom stereocenters. The number of aryl methyl sites for hydroxylation is 1. The number of aromatic nitrogens is 2. The van der Waals surface area contributed by atoms with Gasteiger partial charge in [0.15, 0.2) is 0 Å². The molecule has 4 nitrogen and oxygen atoms in total. The van der Waals surface area contributed by atoms with E-state index in [0.29, 0.717) is 11.9 Å². The molecule has 0 amide bonds. The van der Waals surface area contributed by atoms with Gasteiger partial charge in [-0.25, -0.2) is 9.97 Å². The van der Waals surface area contributed by atoms with Crippen LogP contribution in [0.3, 0.4) is 0 Å². The van der Waals surface area contributed by atoms with Crippen LogP contribution in [-0.4, -0.2) is 17.1 Å². The first-order chi connectivity index (χ1) is 8.86. The van der Waals surface area contributed by atoms with Gasteiger partial charge in [-0.05, 0) is 36.3 Å². The number of thiophene rings is 1. The topological polar surface area (TPSA) is 47.0 Å². The molecule has 1 aliphatic rings. The molecule has 1 unspecified atom stereocenters. The van der Waals surface area contributed by atoms with Gasteiger partial charge in [0.05, 0.1) is 13.2 Å². The predicted octanol–water partition coefficient (Wildman–Crippen LogP) is 3.04. The Kier molecular flexibility index (Phi) is 3.15. The number of hydrogen-bond acceptors (Lipinski definition) is 5. The summed E-state index contributed by atoms with van der Waals surface area (Å²) < 4.78 is 5.11. The summed E-state index contributed by atoms with van der Waals surface area (Å²) in [4.78, 5) is 9.75. The number of hydrogen-bond donors (Lipinski definition) is 1. The molecule has 5 heteroatoms. The second kappa shape index (κ2) is 4.94. The van der Waals surface area contributed by atoms with Crippen molar-refractivity contribution in [2.24, 2.45) is 0 Å². The van der Waals surface area contributed by atoms with Crippen LogP contribution in [0.25, 0.3) is 0 Å². The molecule has 0 radical (unpaired) electrons. The van der Waals surface area contributed by atoms with Crippen LogP contribution >= 0.6 is 11.3 Å². The number of methoxy groups -OCH3 is 1. The number of anilines is 1. The quantitative estimate of drug-likeness (QED) is 0.922. The lowest BCUT2D eigenvalue weighted by atomic mass is 9.94. The van der Waals surface area contributed by atoms with E-state index in [1.54, 1.807) is 7.11 Å². The summed E-state index contributed by atoms with van der Waals surface area (Å²) in [7, 11) is 1.61. The number of nitrogens with zero attached hydrogens (tertiary/aromatic N) is 2. The maximum absolute atomic E-state index is 5.11. The largest absolute Gasteiger partial charge is 0.481 e. The van der Waals surface area contributed by atoms with Crippen molar-refractivity contribution >= 4 is 17.2 Å². The number of ether oxygens (including phenoxy) is 1. The molecule has 0 aliphatic heterocycles. The molecule has 1 N–H and O–H groups in total. The maximum atomic E-state index is 5.11. The molecule has 18 heavy (non-hydrogen) atoms. The highest BCUT2D eigenvalue weighted by atomic mass is 32.1. The Labute approximate surface area is 110 Å². The standard InChI is InChI=1S/C13H15N3OS/c1-17-13-7-12(14-8-15-13)16-10-3-2-4-11-9(10)5-6-18-11/h5-8,10H,2-4H2,1H3,(H,14,15,16). The van der Waals surface area contributed by atoms with Crippen LogP contribution in [0.1, 0.15) is 29.3 Å². The third-order valence-electron chi connectivity index (χ3n) is 3.23. The van der Waals surface area contributed by atoms with Gasteiger partial charge in [0.2, 0.25) is 5.88 Å². The normalized spacial score (nSPS) is 18.2. The van der Waals surface area contributed by atoms with Crippen LogP contribution in [0.15, 0.2) is 23.8 Å². The van der Waals surface area contributed by atoms with E-state index in [4.69, 9.17) is 4.74 Å². The molecular formula is C13H15N3OS. The van der Waals surface area contributed by atoms with Crippen molar-refractivity contribution in [2.75, 3.05) is 12.4 Å². The number of nitrogens with one attached hydrogen (secondary N) is 1. The Bertz CT molecular complexity index is 541. The fraction of sp³-hybridized carbons (Fsp3) is 0.385. The summed E-state index contributed by atoms with van der Waals surface area (Å²) in [6.07, 6.45) is 5.11. The lowest BCUT2D eigenvalue weighted by molar-refractivity contribution is 0.397. The minimum Gasteiger partial charge on any atom is -0.481 e. The molecule has 0 fully saturated rings. The Morgan fingerprint density at radius 2 is 2.39 bits per heavy atom. The van der Waals surface area contributed by atoms with Crippen molar-refractivity contribution in [3.05, 3.63) is 34.3 Å². The Morgan fingerprint density at radius 3 is 3.28 bits per heavy atom. The minimum atomic E-state index is 0.361. The van der Waals surface area contributed by atoms with Crippen LogP contribution in [0.2, 0.25) is 0 Å². The zero-order chi connectivity index (χ0) is 12.4. The minimum absolute atomic E-state index is 0.361. The third kappa shape index (κ3) is 2.18. The summed E-state index contributed by atoms with van der Waals surface area (Å²) in [6, 6.07) is 4.41. The molecule has 0 aromatic carbocycles. The molecule has 0 spiro atoms. The van der Waals surface area contributed by atoms with Crippen molar-refractivity contribution in [3.8, 4) is 5.88 Å². The summed E-state index contributed by atoms with van der Waals surface area (Å²) in [5.41, 5.74) is 1.42. The van der Waals surface area contributed by atoms with Crippen molar-refractivity contribution in [1.82, 2.24) is 9.97 Å². The van der Waals surface area contributed by atoms with E-state index in [0.717, 1.165) is 12.2 Å². The van der Waals surface area contributed by atoms with E-state index >= 15 is 0 Å². The Balaban J connectivity index is 1.81. The lowest BCUT2D eigenvalue weighted by Crippen LogP contribution is -2.16.